The number of anilines is 3. The Bertz CT molecular complexity index is 1600. The lowest BCUT2D eigenvalue weighted by Crippen LogP contribution is -2.38. The maximum absolute atomic E-state index is 13.5. The minimum Gasteiger partial charge on any atom is -0.456 e. The van der Waals surface area contributed by atoms with E-state index in [0.29, 0.717) is 11.6 Å². The summed E-state index contributed by atoms with van der Waals surface area (Å²) in [5, 5.41) is 0. The normalized spacial score (nSPS) is 19.1. The van der Waals surface area contributed by atoms with Crippen LogP contribution in [0.3, 0.4) is 0 Å². The highest BCUT2D eigenvalue weighted by Gasteiger charge is 2.55. The first-order chi connectivity index (χ1) is 20.2. The van der Waals surface area contributed by atoms with Crippen molar-refractivity contribution in [3.8, 4) is 11.5 Å². The van der Waals surface area contributed by atoms with E-state index in [1.165, 1.54) is 24.9 Å². The van der Waals surface area contributed by atoms with Crippen LogP contribution in [0.1, 0.15) is 73.0 Å². The molecule has 1 fully saturated rings. The van der Waals surface area contributed by atoms with Crippen molar-refractivity contribution in [1.29, 1.82) is 0 Å². The van der Waals surface area contributed by atoms with Gasteiger partial charge in [0, 0.05) is 41.6 Å². The van der Waals surface area contributed by atoms with E-state index in [-0.39, 0.29) is 5.97 Å². The standard InChI is InChI=1S/C36H36N2O3/c1-3-37(4-2)26-16-12-17-27(24-26)38(25-14-6-5-7-15-25)31-21-13-23-33-34(31)36(30-20-10-11-22-32(30)40-33)29-19-9-8-18-28(29)35(39)41-36/h8-13,16-25H,3-7,14-15H2,1-2H3. The van der Waals surface area contributed by atoms with Crippen LogP contribution in [0.25, 0.3) is 0 Å². The Kier molecular flexibility index (Phi) is 6.45. The molecular formula is C36H36N2O3. The minimum atomic E-state index is -1.10. The van der Waals surface area contributed by atoms with Crippen LogP contribution in [0.15, 0.2) is 91.0 Å². The van der Waals surface area contributed by atoms with Crippen LogP contribution in [0.4, 0.5) is 17.1 Å². The van der Waals surface area contributed by atoms with Gasteiger partial charge in [0.05, 0.1) is 16.8 Å². The first-order valence-electron chi connectivity index (χ1n) is 15.0. The molecule has 5 nitrogen and oxygen atoms in total. The van der Waals surface area contributed by atoms with Crippen molar-refractivity contribution in [2.24, 2.45) is 0 Å². The number of carbonyl (C=O) groups is 1. The van der Waals surface area contributed by atoms with Gasteiger partial charge in [0.15, 0.2) is 5.60 Å². The molecule has 4 aromatic rings. The summed E-state index contributed by atoms with van der Waals surface area (Å²) in [4.78, 5) is 18.4. The van der Waals surface area contributed by atoms with Crippen LogP contribution >= 0.6 is 0 Å². The van der Waals surface area contributed by atoms with E-state index in [0.717, 1.165) is 65.5 Å². The fourth-order valence-electron chi connectivity index (χ4n) is 7.18. The van der Waals surface area contributed by atoms with E-state index >= 15 is 0 Å². The van der Waals surface area contributed by atoms with Gasteiger partial charge in [-0.2, -0.15) is 0 Å². The fraction of sp³-hybridized carbons (Fsp3) is 0.306. The number of hydrogen-bond acceptors (Lipinski definition) is 5. The van der Waals surface area contributed by atoms with E-state index in [1.807, 2.05) is 54.6 Å². The summed E-state index contributed by atoms with van der Waals surface area (Å²) in [5.41, 5.74) is 5.54. The first-order valence-corrected chi connectivity index (χ1v) is 15.0. The zero-order valence-corrected chi connectivity index (χ0v) is 23.8. The third-order valence-electron chi connectivity index (χ3n) is 9.05. The SMILES string of the molecule is CCN(CC)c1cccc(N(c2cccc3c2C2(OC(=O)c4ccccc42)c2ccccc2O3)C2CCCCC2)c1. The number of fused-ring (bicyclic) bond motifs is 6. The van der Waals surface area contributed by atoms with Crippen molar-refractivity contribution < 1.29 is 14.3 Å². The average molecular weight is 545 g/mol. The molecule has 0 bridgehead atoms. The highest BCUT2D eigenvalue weighted by atomic mass is 16.6. The van der Waals surface area contributed by atoms with Crippen molar-refractivity contribution in [3.63, 3.8) is 0 Å². The second-order valence-electron chi connectivity index (χ2n) is 11.2. The molecule has 2 heterocycles. The summed E-state index contributed by atoms with van der Waals surface area (Å²) in [6, 6.07) is 31.3. The molecule has 5 heteroatoms. The minimum absolute atomic E-state index is 0.300. The molecule has 3 aliphatic rings. The van der Waals surface area contributed by atoms with Gasteiger partial charge in [0.1, 0.15) is 11.5 Å². The van der Waals surface area contributed by atoms with Crippen molar-refractivity contribution in [2.75, 3.05) is 22.9 Å². The Morgan fingerprint density at radius 1 is 0.756 bits per heavy atom. The highest BCUT2D eigenvalue weighted by Crippen LogP contribution is 2.59. The summed E-state index contributed by atoms with van der Waals surface area (Å²) >= 11 is 0. The zero-order valence-electron chi connectivity index (χ0n) is 23.8. The Morgan fingerprint density at radius 3 is 2.24 bits per heavy atom. The number of benzene rings is 4. The maximum atomic E-state index is 13.5. The van der Waals surface area contributed by atoms with Crippen LogP contribution < -0.4 is 14.5 Å². The van der Waals surface area contributed by atoms with Gasteiger partial charge in [-0.05, 0) is 69.2 Å². The lowest BCUT2D eigenvalue weighted by atomic mass is 9.76. The third-order valence-corrected chi connectivity index (χ3v) is 9.05. The topological polar surface area (TPSA) is 42.0 Å². The number of nitrogens with zero attached hydrogens (tertiary/aromatic N) is 2. The number of ether oxygens (including phenoxy) is 2. The Morgan fingerprint density at radius 2 is 1.44 bits per heavy atom. The monoisotopic (exact) mass is 544 g/mol. The number of hydrogen-bond donors (Lipinski definition) is 0. The molecule has 41 heavy (non-hydrogen) atoms. The van der Waals surface area contributed by atoms with Gasteiger partial charge in [-0.25, -0.2) is 4.79 Å². The summed E-state index contributed by atoms with van der Waals surface area (Å²) < 4.78 is 13.2. The van der Waals surface area contributed by atoms with Crippen LogP contribution in [-0.4, -0.2) is 25.1 Å². The zero-order chi connectivity index (χ0) is 28.0. The Hall–Kier alpha value is -4.25. The molecular weight excluding hydrogens is 508 g/mol. The second-order valence-corrected chi connectivity index (χ2v) is 11.2. The van der Waals surface area contributed by atoms with E-state index in [9.17, 15) is 4.79 Å². The maximum Gasteiger partial charge on any atom is 0.340 e. The van der Waals surface area contributed by atoms with Gasteiger partial charge in [-0.15, -0.1) is 0 Å². The molecule has 1 spiro atoms. The molecule has 1 unspecified atom stereocenters. The van der Waals surface area contributed by atoms with Gasteiger partial charge in [-0.3, -0.25) is 0 Å². The van der Waals surface area contributed by atoms with E-state index in [4.69, 9.17) is 9.47 Å². The number of carbonyl (C=O) groups excluding carboxylic acids is 1. The molecule has 1 aliphatic carbocycles. The van der Waals surface area contributed by atoms with Gasteiger partial charge in [-0.1, -0.05) is 67.8 Å². The molecule has 1 atom stereocenters. The lowest BCUT2D eigenvalue weighted by molar-refractivity contribution is 0.0226. The largest absolute Gasteiger partial charge is 0.456 e. The fourth-order valence-corrected chi connectivity index (χ4v) is 7.18. The van der Waals surface area contributed by atoms with Crippen LogP contribution in [0.2, 0.25) is 0 Å². The molecule has 7 rings (SSSR count). The Labute approximate surface area is 242 Å². The lowest BCUT2D eigenvalue weighted by Gasteiger charge is -2.43. The predicted molar refractivity (Wildman–Crippen MR) is 164 cm³/mol. The first kappa shape index (κ1) is 25.7. The molecule has 4 aromatic carbocycles. The molecule has 2 aliphatic heterocycles. The van der Waals surface area contributed by atoms with Gasteiger partial charge in [0.2, 0.25) is 0 Å². The summed E-state index contributed by atoms with van der Waals surface area (Å²) in [6.45, 7) is 6.30. The summed E-state index contributed by atoms with van der Waals surface area (Å²) in [7, 11) is 0. The van der Waals surface area contributed by atoms with Crippen molar-refractivity contribution in [1.82, 2.24) is 0 Å². The second kappa shape index (κ2) is 10.3. The smallest absolute Gasteiger partial charge is 0.340 e. The van der Waals surface area contributed by atoms with Crippen molar-refractivity contribution >= 4 is 23.0 Å². The van der Waals surface area contributed by atoms with E-state index < -0.39 is 5.60 Å². The highest BCUT2D eigenvalue weighted by molar-refractivity contribution is 5.98. The molecule has 0 saturated heterocycles. The average Bonchev–Trinajstić information content (AvgIpc) is 3.31. The number of para-hydroxylation sites is 1. The molecule has 1 saturated carbocycles. The molecule has 208 valence electrons. The predicted octanol–water partition coefficient (Wildman–Crippen LogP) is 8.57. The van der Waals surface area contributed by atoms with Gasteiger partial charge < -0.3 is 19.3 Å². The third kappa shape index (κ3) is 4.01. The summed E-state index contributed by atoms with van der Waals surface area (Å²) in [6.07, 6.45) is 5.89. The van der Waals surface area contributed by atoms with Crippen LogP contribution in [0, 0.1) is 0 Å². The van der Waals surface area contributed by atoms with Crippen LogP contribution in [0.5, 0.6) is 11.5 Å². The Balaban J connectivity index is 1.50. The molecule has 0 radical (unpaired) electrons. The number of rotatable bonds is 6. The number of esters is 1. The van der Waals surface area contributed by atoms with E-state index in [1.54, 1.807) is 0 Å². The molecule has 0 N–H and O–H groups in total. The molecule has 0 aromatic heterocycles. The quantitative estimate of drug-likeness (QED) is 0.228. The molecule has 0 amide bonds. The van der Waals surface area contributed by atoms with E-state index in [2.05, 4.69) is 60.0 Å². The summed E-state index contributed by atoms with van der Waals surface area (Å²) in [5.74, 6) is 1.15. The van der Waals surface area contributed by atoms with Gasteiger partial charge >= 0.3 is 5.97 Å². The van der Waals surface area contributed by atoms with Crippen molar-refractivity contribution in [2.45, 2.75) is 57.6 Å². The van der Waals surface area contributed by atoms with Crippen LogP contribution in [-0.2, 0) is 10.3 Å². The van der Waals surface area contributed by atoms with Crippen molar-refractivity contribution in [3.05, 3.63) is 113 Å². The van der Waals surface area contributed by atoms with Gasteiger partial charge in [0.25, 0.3) is 0 Å².